The van der Waals surface area contributed by atoms with Crippen LogP contribution in [0.5, 0.6) is 0 Å². The lowest BCUT2D eigenvalue weighted by Crippen LogP contribution is -2.52. The van der Waals surface area contributed by atoms with Crippen molar-refractivity contribution in [2.75, 3.05) is 44.4 Å². The molecule has 1 heterocycles. The molecule has 0 saturated carbocycles. The molecule has 0 aromatic heterocycles. The second kappa shape index (κ2) is 10.1. The van der Waals surface area contributed by atoms with Gasteiger partial charge < -0.3 is 15.1 Å². The fourth-order valence-electron chi connectivity index (χ4n) is 3.18. The third kappa shape index (κ3) is 5.84. The third-order valence-electron chi connectivity index (χ3n) is 4.71. The fraction of sp³-hybridized carbons (Fsp3) is 0.350. The van der Waals surface area contributed by atoms with E-state index in [1.165, 1.54) is 11.9 Å². The maximum absolute atomic E-state index is 11.5. The molecule has 0 amide bonds. The highest BCUT2D eigenvalue weighted by Gasteiger charge is 2.19. The smallest absolute Gasteiger partial charge is 0.194 e. The molecule has 8 heteroatoms. The highest BCUT2D eigenvalue weighted by molar-refractivity contribution is 14.0. The monoisotopic (exact) mass is 514 g/mol. The second-order valence-electron chi connectivity index (χ2n) is 6.63. The molecule has 0 unspecified atom stereocenters. The lowest BCUT2D eigenvalue weighted by Gasteiger charge is -2.37. The number of para-hydroxylation sites is 1. The maximum atomic E-state index is 11.5. The number of guanidine groups is 1. The first-order valence-corrected chi connectivity index (χ1v) is 10.9. The van der Waals surface area contributed by atoms with Gasteiger partial charge in [-0.05, 0) is 29.8 Å². The van der Waals surface area contributed by atoms with Crippen LogP contribution in [-0.2, 0) is 16.4 Å². The summed E-state index contributed by atoms with van der Waals surface area (Å²) < 4.78 is 23.1. The van der Waals surface area contributed by atoms with Gasteiger partial charge in [-0.2, -0.15) is 0 Å². The van der Waals surface area contributed by atoms with E-state index in [2.05, 4.69) is 44.4 Å². The summed E-state index contributed by atoms with van der Waals surface area (Å²) in [6.45, 7) is 4.32. The van der Waals surface area contributed by atoms with Crippen molar-refractivity contribution >= 4 is 45.5 Å². The van der Waals surface area contributed by atoms with E-state index in [-0.39, 0.29) is 24.0 Å². The van der Waals surface area contributed by atoms with Crippen molar-refractivity contribution in [2.24, 2.45) is 4.99 Å². The average Bonchev–Trinajstić information content (AvgIpc) is 2.69. The van der Waals surface area contributed by atoms with Crippen LogP contribution in [0, 0.1) is 0 Å². The molecule has 1 fully saturated rings. The van der Waals surface area contributed by atoms with Gasteiger partial charge >= 0.3 is 0 Å². The molecule has 1 N–H and O–H groups in total. The summed E-state index contributed by atoms with van der Waals surface area (Å²) in [4.78, 5) is 9.38. The normalized spacial score (nSPS) is 15.1. The van der Waals surface area contributed by atoms with Gasteiger partial charge in [0.15, 0.2) is 15.8 Å². The van der Waals surface area contributed by atoms with Crippen molar-refractivity contribution in [3.63, 3.8) is 0 Å². The largest absolute Gasteiger partial charge is 0.368 e. The number of hydrogen-bond donors (Lipinski definition) is 1. The topological polar surface area (TPSA) is 65.0 Å². The third-order valence-corrected chi connectivity index (χ3v) is 5.84. The van der Waals surface area contributed by atoms with Crippen LogP contribution in [0.3, 0.4) is 0 Å². The van der Waals surface area contributed by atoms with Crippen LogP contribution in [0.2, 0.25) is 0 Å². The molecule has 1 saturated heterocycles. The molecule has 0 bridgehead atoms. The van der Waals surface area contributed by atoms with Crippen molar-refractivity contribution in [1.82, 2.24) is 10.2 Å². The van der Waals surface area contributed by atoms with Crippen molar-refractivity contribution in [3.05, 3.63) is 60.2 Å². The summed E-state index contributed by atoms with van der Waals surface area (Å²) in [5.41, 5.74) is 2.28. The Bertz CT molecular complexity index is 878. The van der Waals surface area contributed by atoms with Crippen LogP contribution in [0.15, 0.2) is 64.5 Å². The molecule has 28 heavy (non-hydrogen) atoms. The summed E-state index contributed by atoms with van der Waals surface area (Å²) in [6.07, 6.45) is 1.22. The second-order valence-corrected chi connectivity index (χ2v) is 8.64. The van der Waals surface area contributed by atoms with Crippen molar-refractivity contribution in [2.45, 2.75) is 11.4 Å². The quantitative estimate of drug-likeness (QED) is 0.386. The van der Waals surface area contributed by atoms with Gasteiger partial charge in [0.05, 0.1) is 4.90 Å². The van der Waals surface area contributed by atoms with Gasteiger partial charge in [0.2, 0.25) is 0 Å². The van der Waals surface area contributed by atoms with Crippen molar-refractivity contribution < 1.29 is 8.42 Å². The van der Waals surface area contributed by atoms with Gasteiger partial charge in [-0.15, -0.1) is 24.0 Å². The van der Waals surface area contributed by atoms with E-state index in [4.69, 9.17) is 0 Å². The van der Waals surface area contributed by atoms with E-state index >= 15 is 0 Å². The van der Waals surface area contributed by atoms with E-state index in [1.54, 1.807) is 19.2 Å². The minimum atomic E-state index is -3.16. The molecule has 0 spiro atoms. The number of rotatable bonds is 4. The van der Waals surface area contributed by atoms with Gasteiger partial charge in [-0.25, -0.2) is 8.42 Å². The molecule has 1 aliphatic heterocycles. The Labute approximate surface area is 184 Å². The summed E-state index contributed by atoms with van der Waals surface area (Å²) in [5, 5.41) is 3.38. The number of benzene rings is 2. The van der Waals surface area contributed by atoms with Gasteiger partial charge in [0.25, 0.3) is 0 Å². The predicted molar refractivity (Wildman–Crippen MR) is 125 cm³/mol. The highest BCUT2D eigenvalue weighted by Crippen LogP contribution is 2.16. The van der Waals surface area contributed by atoms with Gasteiger partial charge in [-0.3, -0.25) is 4.99 Å². The number of nitrogens with zero attached hydrogens (tertiary/aromatic N) is 3. The fourth-order valence-corrected chi connectivity index (χ4v) is 3.81. The Morgan fingerprint density at radius 1 is 1.00 bits per heavy atom. The molecule has 0 aliphatic carbocycles. The lowest BCUT2D eigenvalue weighted by molar-refractivity contribution is 0.372. The first kappa shape index (κ1) is 22.5. The number of nitrogens with one attached hydrogen (secondary N) is 1. The van der Waals surface area contributed by atoms with E-state index in [0.717, 1.165) is 37.7 Å². The van der Waals surface area contributed by atoms with Gasteiger partial charge in [-0.1, -0.05) is 30.3 Å². The van der Waals surface area contributed by atoms with Gasteiger partial charge in [0, 0.05) is 51.7 Å². The van der Waals surface area contributed by atoms with E-state index in [9.17, 15) is 8.42 Å². The zero-order valence-electron chi connectivity index (χ0n) is 16.2. The van der Waals surface area contributed by atoms with Crippen LogP contribution in [0.1, 0.15) is 5.56 Å². The highest BCUT2D eigenvalue weighted by atomic mass is 127. The summed E-state index contributed by atoms with van der Waals surface area (Å²) >= 11 is 0. The lowest BCUT2D eigenvalue weighted by atomic mass is 10.2. The first-order chi connectivity index (χ1) is 13.0. The Balaban J connectivity index is 0.00000280. The van der Waals surface area contributed by atoms with Crippen LogP contribution in [0.4, 0.5) is 5.69 Å². The summed E-state index contributed by atoms with van der Waals surface area (Å²) in [7, 11) is -1.37. The Morgan fingerprint density at radius 3 is 2.14 bits per heavy atom. The molecule has 0 atom stereocenters. The van der Waals surface area contributed by atoms with Gasteiger partial charge in [0.1, 0.15) is 0 Å². The Hall–Kier alpha value is -1.81. The first-order valence-electron chi connectivity index (χ1n) is 9.02. The van der Waals surface area contributed by atoms with Crippen LogP contribution >= 0.6 is 24.0 Å². The minimum Gasteiger partial charge on any atom is -0.368 e. The Morgan fingerprint density at radius 2 is 1.61 bits per heavy atom. The van der Waals surface area contributed by atoms with Crippen LogP contribution in [-0.4, -0.2) is 58.8 Å². The van der Waals surface area contributed by atoms with Crippen molar-refractivity contribution in [3.8, 4) is 0 Å². The Kier molecular flexibility index (Phi) is 8.11. The minimum absolute atomic E-state index is 0. The van der Waals surface area contributed by atoms with E-state index in [0.29, 0.717) is 11.4 Å². The maximum Gasteiger partial charge on any atom is 0.194 e. The SMILES string of the molecule is CN=C(NCc1ccc(S(C)(=O)=O)cc1)N1CCN(c2ccccc2)CC1.I. The number of hydrogen-bond acceptors (Lipinski definition) is 4. The summed E-state index contributed by atoms with van der Waals surface area (Å²) in [6, 6.07) is 17.4. The van der Waals surface area contributed by atoms with E-state index in [1.807, 2.05) is 18.2 Å². The standard InChI is InChI=1S/C20H26N4O2S.HI/c1-21-20(22-16-17-8-10-19(11-9-17)27(2,25)26)24-14-12-23(13-15-24)18-6-4-3-5-7-18;/h3-11H,12-16H2,1-2H3,(H,21,22);1H. The molecule has 2 aromatic carbocycles. The van der Waals surface area contributed by atoms with E-state index < -0.39 is 9.84 Å². The molecule has 3 rings (SSSR count). The number of halogens is 1. The molecule has 0 radical (unpaired) electrons. The van der Waals surface area contributed by atoms with Crippen LogP contribution in [0.25, 0.3) is 0 Å². The average molecular weight is 514 g/mol. The molecule has 6 nitrogen and oxygen atoms in total. The number of sulfone groups is 1. The number of piperazine rings is 1. The number of aliphatic imine (C=N–C) groups is 1. The molecular formula is C20H27IN4O2S. The molecule has 2 aromatic rings. The molecule has 1 aliphatic rings. The molecular weight excluding hydrogens is 487 g/mol. The zero-order valence-corrected chi connectivity index (χ0v) is 19.4. The van der Waals surface area contributed by atoms with Crippen molar-refractivity contribution in [1.29, 1.82) is 0 Å². The zero-order chi connectivity index (χ0) is 19.3. The molecule has 152 valence electrons. The predicted octanol–water partition coefficient (Wildman–Crippen LogP) is 2.61. The number of anilines is 1. The summed E-state index contributed by atoms with van der Waals surface area (Å²) in [5.74, 6) is 0.870. The van der Waals surface area contributed by atoms with Crippen LogP contribution < -0.4 is 10.2 Å².